The molecule has 11 nitrogen and oxygen atoms in total. The molecule has 1 saturated heterocycles. The highest BCUT2D eigenvalue weighted by molar-refractivity contribution is 7.47. The highest BCUT2D eigenvalue weighted by Crippen LogP contribution is 2.46. The first-order valence-electron chi connectivity index (χ1n) is 8.69. The molecule has 1 aliphatic heterocycles. The molecule has 1 aromatic heterocycles. The number of hydrogen-bond donors (Lipinski definition) is 2. The summed E-state index contributed by atoms with van der Waals surface area (Å²) >= 11 is 0. The zero-order valence-electron chi connectivity index (χ0n) is 15.5. The van der Waals surface area contributed by atoms with E-state index in [0.717, 1.165) is 12.3 Å². The van der Waals surface area contributed by atoms with E-state index in [9.17, 15) is 27.8 Å². The number of rotatable bonds is 10. The number of aromatic nitrogens is 2. The fourth-order valence-corrected chi connectivity index (χ4v) is 3.34. The highest BCUT2D eigenvalue weighted by atomic mass is 31.2. The van der Waals surface area contributed by atoms with Crippen LogP contribution in [0, 0.1) is 0 Å². The molecule has 0 amide bonds. The standard InChI is InChI=1S/C15H22F2N3O8P/c1-2-25-12(21)4-3-7-26-29(23,24)27-9-10-8-15(16,17)13(28-10)20-6-5-11(18)19-14(20)22/h5-6,10,13H,2-4,7-9H2,1H3,(H,23,24)(H2,18,19,22)/t10?,13-/m1/s1. The number of carbonyl (C=O) groups is 1. The lowest BCUT2D eigenvalue weighted by molar-refractivity contribution is -0.143. The third-order valence-electron chi connectivity index (χ3n) is 3.80. The van der Waals surface area contributed by atoms with Gasteiger partial charge in [0.15, 0.2) is 0 Å². The van der Waals surface area contributed by atoms with Crippen molar-refractivity contribution in [3.8, 4) is 0 Å². The predicted molar refractivity (Wildman–Crippen MR) is 94.0 cm³/mol. The number of nitrogens with two attached hydrogens (primary N) is 1. The van der Waals surface area contributed by atoms with Gasteiger partial charge in [-0.1, -0.05) is 0 Å². The smallest absolute Gasteiger partial charge is 0.466 e. The summed E-state index contributed by atoms with van der Waals surface area (Å²) in [5.41, 5.74) is 4.31. The molecular formula is C15H22F2N3O8P. The van der Waals surface area contributed by atoms with Gasteiger partial charge in [0.25, 0.3) is 5.92 Å². The van der Waals surface area contributed by atoms with Crippen LogP contribution >= 0.6 is 7.82 Å². The lowest BCUT2D eigenvalue weighted by Gasteiger charge is -2.19. The number of alkyl halides is 2. The molecule has 29 heavy (non-hydrogen) atoms. The number of nitrogen functional groups attached to an aromatic ring is 1. The van der Waals surface area contributed by atoms with Gasteiger partial charge in [0.2, 0.25) is 6.23 Å². The maximum atomic E-state index is 14.2. The number of phosphoric acid groups is 1. The zero-order chi connectivity index (χ0) is 21.7. The van der Waals surface area contributed by atoms with E-state index in [2.05, 4.69) is 18.8 Å². The van der Waals surface area contributed by atoms with E-state index in [-0.39, 0.29) is 31.9 Å². The van der Waals surface area contributed by atoms with Crippen molar-refractivity contribution < 1.29 is 41.6 Å². The minimum Gasteiger partial charge on any atom is -0.466 e. The van der Waals surface area contributed by atoms with Gasteiger partial charge in [-0.2, -0.15) is 4.98 Å². The summed E-state index contributed by atoms with van der Waals surface area (Å²) in [6, 6.07) is 1.16. The van der Waals surface area contributed by atoms with E-state index in [1.807, 2.05) is 0 Å². The van der Waals surface area contributed by atoms with Crippen LogP contribution in [0.5, 0.6) is 0 Å². The molecule has 1 aliphatic rings. The molecule has 2 rings (SSSR count). The second-order valence-corrected chi connectivity index (χ2v) is 7.58. The minimum atomic E-state index is -4.54. The van der Waals surface area contributed by atoms with Gasteiger partial charge in [0, 0.05) is 19.0 Å². The van der Waals surface area contributed by atoms with Crippen LogP contribution in [0.15, 0.2) is 17.1 Å². The maximum Gasteiger partial charge on any atom is 0.472 e. The van der Waals surface area contributed by atoms with Crippen molar-refractivity contribution in [2.24, 2.45) is 0 Å². The van der Waals surface area contributed by atoms with Crippen LogP contribution in [-0.2, 0) is 27.9 Å². The van der Waals surface area contributed by atoms with E-state index in [1.54, 1.807) is 6.92 Å². The Balaban J connectivity index is 1.85. The molecule has 0 bridgehead atoms. The monoisotopic (exact) mass is 441 g/mol. The van der Waals surface area contributed by atoms with Crippen molar-refractivity contribution in [3.05, 3.63) is 22.7 Å². The molecule has 0 saturated carbocycles. The van der Waals surface area contributed by atoms with Crippen molar-refractivity contribution in [2.75, 3.05) is 25.6 Å². The quantitative estimate of drug-likeness (QED) is 0.308. The molecule has 2 unspecified atom stereocenters. The molecule has 3 N–H and O–H groups in total. The minimum absolute atomic E-state index is 0.0160. The number of nitrogens with zero attached hydrogens (tertiary/aromatic N) is 2. The van der Waals surface area contributed by atoms with E-state index in [1.165, 1.54) is 0 Å². The molecule has 3 atom stereocenters. The summed E-state index contributed by atoms with van der Waals surface area (Å²) in [5.74, 6) is -4.06. The first kappa shape index (κ1) is 23.4. The van der Waals surface area contributed by atoms with Gasteiger partial charge < -0.3 is 20.1 Å². The summed E-state index contributed by atoms with van der Waals surface area (Å²) in [5, 5.41) is 0. The van der Waals surface area contributed by atoms with Gasteiger partial charge in [0.05, 0.1) is 25.9 Å². The molecule has 0 spiro atoms. The topological polar surface area (TPSA) is 152 Å². The molecule has 0 radical (unpaired) electrons. The first-order chi connectivity index (χ1) is 13.5. The number of phosphoric ester groups is 1. The Morgan fingerprint density at radius 2 is 2.24 bits per heavy atom. The molecule has 1 aromatic rings. The molecule has 2 heterocycles. The normalized spacial score (nSPS) is 22.9. The van der Waals surface area contributed by atoms with E-state index in [4.69, 9.17) is 10.5 Å². The van der Waals surface area contributed by atoms with Crippen molar-refractivity contribution in [3.63, 3.8) is 0 Å². The molecule has 14 heteroatoms. The second-order valence-electron chi connectivity index (χ2n) is 6.12. The number of carbonyl (C=O) groups excluding carboxylic acids is 1. The lowest BCUT2D eigenvalue weighted by atomic mass is 10.2. The molecule has 164 valence electrons. The Kier molecular flexibility index (Phi) is 7.83. The molecule has 1 fully saturated rings. The highest BCUT2D eigenvalue weighted by Gasteiger charge is 2.52. The SMILES string of the molecule is CCOC(=O)CCCOP(=O)(O)OCC1CC(F)(F)[C@H](n2ccc(N)nc2=O)O1. The molecular weight excluding hydrogens is 419 g/mol. The number of anilines is 1. The van der Waals surface area contributed by atoms with E-state index < -0.39 is 50.8 Å². The average Bonchev–Trinajstić information content (AvgIpc) is 2.92. The van der Waals surface area contributed by atoms with Crippen LogP contribution in [0.2, 0.25) is 0 Å². The Morgan fingerprint density at radius 3 is 2.90 bits per heavy atom. The zero-order valence-corrected chi connectivity index (χ0v) is 16.4. The molecule has 0 aromatic carbocycles. The third-order valence-corrected chi connectivity index (χ3v) is 4.78. The second kappa shape index (κ2) is 9.72. The van der Waals surface area contributed by atoms with Crippen LogP contribution in [0.1, 0.15) is 32.4 Å². The van der Waals surface area contributed by atoms with Crippen LogP contribution in [0.4, 0.5) is 14.6 Å². The van der Waals surface area contributed by atoms with Crippen LogP contribution in [0.25, 0.3) is 0 Å². The fraction of sp³-hybridized carbons (Fsp3) is 0.667. The third kappa shape index (κ3) is 6.82. The summed E-state index contributed by atoms with van der Waals surface area (Å²) in [6.45, 7) is 0.911. The first-order valence-corrected chi connectivity index (χ1v) is 10.2. The Bertz CT molecular complexity index is 821. The summed E-state index contributed by atoms with van der Waals surface area (Å²) in [6.07, 6.45) is -2.96. The predicted octanol–water partition coefficient (Wildman–Crippen LogP) is 1.23. The van der Waals surface area contributed by atoms with Crippen molar-refractivity contribution in [2.45, 2.75) is 44.4 Å². The van der Waals surface area contributed by atoms with Gasteiger partial charge in [-0.25, -0.2) is 18.1 Å². The number of esters is 1. The summed E-state index contributed by atoms with van der Waals surface area (Å²) in [7, 11) is -4.54. The van der Waals surface area contributed by atoms with Gasteiger partial charge in [-0.05, 0) is 19.4 Å². The number of halogens is 2. The van der Waals surface area contributed by atoms with Gasteiger partial charge in [-0.3, -0.25) is 18.4 Å². The fourth-order valence-electron chi connectivity index (χ4n) is 2.55. The van der Waals surface area contributed by atoms with E-state index >= 15 is 0 Å². The number of hydrogen-bond acceptors (Lipinski definition) is 9. The molecule has 0 aliphatic carbocycles. The lowest BCUT2D eigenvalue weighted by Crippen LogP contribution is -2.35. The Labute approximate surface area is 164 Å². The number of ether oxygens (including phenoxy) is 2. The van der Waals surface area contributed by atoms with Crippen LogP contribution < -0.4 is 11.4 Å². The van der Waals surface area contributed by atoms with Crippen LogP contribution in [0.3, 0.4) is 0 Å². The van der Waals surface area contributed by atoms with Crippen LogP contribution in [-0.4, -0.2) is 52.3 Å². The van der Waals surface area contributed by atoms with Gasteiger partial charge in [0.1, 0.15) is 5.82 Å². The summed E-state index contributed by atoms with van der Waals surface area (Å²) < 4.78 is 60.0. The Hall–Kier alpha value is -1.92. The average molecular weight is 441 g/mol. The van der Waals surface area contributed by atoms with Gasteiger partial charge in [-0.15, -0.1) is 0 Å². The Morgan fingerprint density at radius 1 is 1.52 bits per heavy atom. The largest absolute Gasteiger partial charge is 0.472 e. The maximum absolute atomic E-state index is 14.2. The van der Waals surface area contributed by atoms with Crippen molar-refractivity contribution in [1.82, 2.24) is 9.55 Å². The van der Waals surface area contributed by atoms with Crippen molar-refractivity contribution in [1.29, 1.82) is 0 Å². The summed E-state index contributed by atoms with van der Waals surface area (Å²) in [4.78, 5) is 35.9. The van der Waals surface area contributed by atoms with Gasteiger partial charge >= 0.3 is 19.5 Å². The van der Waals surface area contributed by atoms with E-state index in [0.29, 0.717) is 4.57 Å². The van der Waals surface area contributed by atoms with Crippen molar-refractivity contribution >= 4 is 19.6 Å².